The van der Waals surface area contributed by atoms with Crippen LogP contribution in [0.3, 0.4) is 0 Å². The summed E-state index contributed by atoms with van der Waals surface area (Å²) < 4.78 is 2.25. The Morgan fingerprint density at radius 2 is 1.44 bits per heavy atom. The largest absolute Gasteiger partial charge is 0.278 e. The minimum absolute atomic E-state index is 0.289. The van der Waals surface area contributed by atoms with Crippen molar-refractivity contribution in [1.82, 2.24) is 24.5 Å². The molecule has 0 aliphatic heterocycles. The van der Waals surface area contributed by atoms with E-state index in [0.717, 1.165) is 33.0 Å². The average Bonchev–Trinajstić information content (AvgIpc) is 3.37. The van der Waals surface area contributed by atoms with Crippen LogP contribution in [0.4, 0.5) is 0 Å². The quantitative estimate of drug-likeness (QED) is 0.264. The van der Waals surface area contributed by atoms with E-state index in [4.69, 9.17) is 15.0 Å². The predicted molar refractivity (Wildman–Crippen MR) is 145 cm³/mol. The van der Waals surface area contributed by atoms with Crippen molar-refractivity contribution in [3.8, 4) is 17.1 Å². The predicted octanol–water partition coefficient (Wildman–Crippen LogP) is 6.98. The van der Waals surface area contributed by atoms with Crippen molar-refractivity contribution in [2.24, 2.45) is 0 Å². The second-order valence-electron chi connectivity index (χ2n) is 10.0. The van der Waals surface area contributed by atoms with E-state index in [1.165, 1.54) is 33.0 Å². The van der Waals surface area contributed by atoms with E-state index < -0.39 is 0 Å². The van der Waals surface area contributed by atoms with Gasteiger partial charge in [0.1, 0.15) is 0 Å². The van der Waals surface area contributed by atoms with Gasteiger partial charge in [0.2, 0.25) is 5.95 Å². The molecule has 0 radical (unpaired) electrons. The molecule has 7 aromatic rings. The number of hydrogen-bond acceptors (Lipinski definition) is 4. The summed E-state index contributed by atoms with van der Waals surface area (Å²) in [5.41, 5.74) is 9.76. The summed E-state index contributed by atoms with van der Waals surface area (Å²) in [5.74, 6) is 0.685. The minimum Gasteiger partial charge on any atom is -0.278 e. The third kappa shape index (κ3) is 2.39. The van der Waals surface area contributed by atoms with Crippen molar-refractivity contribution in [1.29, 1.82) is 0 Å². The van der Waals surface area contributed by atoms with Gasteiger partial charge in [0.05, 0.1) is 27.6 Å². The molecule has 170 valence electrons. The maximum atomic E-state index is 5.02. The Morgan fingerprint density at radius 1 is 0.667 bits per heavy atom. The van der Waals surface area contributed by atoms with Gasteiger partial charge in [-0.2, -0.15) is 0 Å². The fourth-order valence-electron chi connectivity index (χ4n) is 6.21. The molecule has 0 amide bonds. The maximum absolute atomic E-state index is 5.02. The van der Waals surface area contributed by atoms with Gasteiger partial charge in [0, 0.05) is 40.2 Å². The number of benzene rings is 4. The topological polar surface area (TPSA) is 56.5 Å². The molecule has 36 heavy (non-hydrogen) atoms. The molecule has 5 nitrogen and oxygen atoms in total. The van der Waals surface area contributed by atoms with Crippen LogP contribution in [-0.4, -0.2) is 24.5 Å². The Labute approximate surface area is 207 Å². The molecule has 4 aromatic carbocycles. The molecule has 0 bridgehead atoms. The number of nitrogens with zero attached hydrogens (tertiary/aromatic N) is 5. The van der Waals surface area contributed by atoms with Crippen LogP contribution in [0.15, 0.2) is 91.4 Å². The van der Waals surface area contributed by atoms with E-state index >= 15 is 0 Å². The molecule has 1 aliphatic rings. The molecule has 0 atom stereocenters. The molecular weight excluding hydrogens is 442 g/mol. The van der Waals surface area contributed by atoms with Gasteiger partial charge in [-0.05, 0) is 40.5 Å². The van der Waals surface area contributed by atoms with Gasteiger partial charge in [-0.3, -0.25) is 14.5 Å². The highest BCUT2D eigenvalue weighted by molar-refractivity contribution is 6.13. The highest BCUT2D eigenvalue weighted by Gasteiger charge is 2.40. The third-order valence-electron chi connectivity index (χ3n) is 7.69. The molecule has 5 heteroatoms. The first-order chi connectivity index (χ1) is 17.6. The lowest BCUT2D eigenvalue weighted by Gasteiger charge is -2.24. The lowest BCUT2D eigenvalue weighted by Crippen LogP contribution is -2.18. The lowest BCUT2D eigenvalue weighted by atomic mass is 9.81. The number of fused-ring (bicyclic) bond motifs is 10. The molecule has 3 aromatic heterocycles. The number of para-hydroxylation sites is 2. The Balaban J connectivity index is 1.55. The summed E-state index contributed by atoms with van der Waals surface area (Å²) in [6, 6.07) is 25.5. The van der Waals surface area contributed by atoms with Gasteiger partial charge in [-0.25, -0.2) is 9.97 Å². The smallest absolute Gasteiger partial charge is 0.235 e. The summed E-state index contributed by atoms with van der Waals surface area (Å²) in [7, 11) is 0. The second kappa shape index (κ2) is 6.73. The first-order valence-electron chi connectivity index (χ1n) is 12.2. The first-order valence-corrected chi connectivity index (χ1v) is 12.2. The molecule has 0 saturated heterocycles. The van der Waals surface area contributed by atoms with Gasteiger partial charge in [0.15, 0.2) is 0 Å². The zero-order valence-corrected chi connectivity index (χ0v) is 19.9. The minimum atomic E-state index is -0.289. The Morgan fingerprint density at radius 3 is 2.39 bits per heavy atom. The zero-order valence-electron chi connectivity index (χ0n) is 19.9. The van der Waals surface area contributed by atoms with Gasteiger partial charge >= 0.3 is 0 Å². The van der Waals surface area contributed by atoms with Crippen molar-refractivity contribution in [3.05, 3.63) is 103 Å². The molecule has 0 spiro atoms. The standard InChI is InChI=1S/C31H21N5/c1-31(2)26-20(13-14-24-28(26)33-16-15-32-24)21-11-12-22-19-8-4-6-10-25(19)36(29(22)27(21)31)30-34-17-18-7-3-5-9-23(18)35-30/h3-17H,1-2H3. The summed E-state index contributed by atoms with van der Waals surface area (Å²) in [6.45, 7) is 4.60. The molecule has 0 fully saturated rings. The van der Waals surface area contributed by atoms with Crippen molar-refractivity contribution >= 4 is 43.7 Å². The van der Waals surface area contributed by atoms with Crippen LogP contribution in [0.2, 0.25) is 0 Å². The fraction of sp³-hybridized carbons (Fsp3) is 0.0968. The van der Waals surface area contributed by atoms with Gasteiger partial charge in [-0.1, -0.05) is 68.4 Å². The maximum Gasteiger partial charge on any atom is 0.235 e. The molecule has 3 heterocycles. The van der Waals surface area contributed by atoms with Crippen molar-refractivity contribution < 1.29 is 0 Å². The first kappa shape index (κ1) is 19.6. The monoisotopic (exact) mass is 463 g/mol. The SMILES string of the molecule is CC1(C)c2c(ccc3nccnc23)-c2ccc3c4ccccc4n(-c4ncc5ccccc5n4)c3c21. The highest BCUT2D eigenvalue weighted by atomic mass is 15.2. The average molecular weight is 464 g/mol. The zero-order chi connectivity index (χ0) is 24.0. The normalized spacial score (nSPS) is 14.1. The van der Waals surface area contributed by atoms with Crippen LogP contribution in [0.1, 0.15) is 25.0 Å². The van der Waals surface area contributed by atoms with E-state index in [9.17, 15) is 0 Å². The summed E-state index contributed by atoms with van der Waals surface area (Å²) in [4.78, 5) is 19.2. The molecule has 0 unspecified atom stereocenters. The second-order valence-corrected chi connectivity index (χ2v) is 10.0. The van der Waals surface area contributed by atoms with Gasteiger partial charge in [-0.15, -0.1) is 0 Å². The van der Waals surface area contributed by atoms with E-state index in [1.54, 1.807) is 12.4 Å². The van der Waals surface area contributed by atoms with E-state index in [2.05, 4.69) is 78.0 Å². The van der Waals surface area contributed by atoms with Crippen molar-refractivity contribution in [2.45, 2.75) is 19.3 Å². The number of aromatic nitrogens is 5. The van der Waals surface area contributed by atoms with Crippen LogP contribution < -0.4 is 0 Å². The van der Waals surface area contributed by atoms with Crippen LogP contribution in [0.25, 0.3) is 60.8 Å². The van der Waals surface area contributed by atoms with E-state index in [-0.39, 0.29) is 5.41 Å². The highest BCUT2D eigenvalue weighted by Crippen LogP contribution is 2.54. The molecule has 1 aliphatic carbocycles. The van der Waals surface area contributed by atoms with Crippen molar-refractivity contribution in [3.63, 3.8) is 0 Å². The van der Waals surface area contributed by atoms with Gasteiger partial charge < -0.3 is 0 Å². The summed E-state index contributed by atoms with van der Waals surface area (Å²) in [5, 5.41) is 3.44. The molecule has 0 N–H and O–H groups in total. The van der Waals surface area contributed by atoms with Crippen LogP contribution in [-0.2, 0) is 5.41 Å². The Kier molecular flexibility index (Phi) is 3.67. The van der Waals surface area contributed by atoms with E-state index in [0.29, 0.717) is 5.95 Å². The summed E-state index contributed by atoms with van der Waals surface area (Å²) in [6.07, 6.45) is 5.47. The Hall–Kier alpha value is -4.64. The molecular formula is C31H21N5. The Bertz CT molecular complexity index is 2030. The lowest BCUT2D eigenvalue weighted by molar-refractivity contribution is 0.667. The summed E-state index contributed by atoms with van der Waals surface area (Å²) >= 11 is 0. The third-order valence-corrected chi connectivity index (χ3v) is 7.69. The van der Waals surface area contributed by atoms with Crippen LogP contribution in [0, 0.1) is 0 Å². The van der Waals surface area contributed by atoms with E-state index in [1.807, 2.05) is 24.4 Å². The van der Waals surface area contributed by atoms with Crippen molar-refractivity contribution in [2.75, 3.05) is 0 Å². The van der Waals surface area contributed by atoms with Gasteiger partial charge in [0.25, 0.3) is 0 Å². The number of rotatable bonds is 1. The number of hydrogen-bond donors (Lipinski definition) is 0. The van der Waals surface area contributed by atoms with Crippen LogP contribution >= 0.6 is 0 Å². The van der Waals surface area contributed by atoms with Crippen LogP contribution in [0.5, 0.6) is 0 Å². The molecule has 8 rings (SSSR count). The fourth-order valence-corrected chi connectivity index (χ4v) is 6.21. The molecule has 0 saturated carbocycles.